The van der Waals surface area contributed by atoms with Crippen molar-refractivity contribution in [1.29, 1.82) is 0 Å². The summed E-state index contributed by atoms with van der Waals surface area (Å²) in [4.78, 5) is 53.5. The van der Waals surface area contributed by atoms with Crippen LogP contribution in [0.5, 0.6) is 0 Å². The third kappa shape index (κ3) is 5.58. The Kier molecular flexibility index (Phi) is 8.96. The molecule has 2 aromatic rings. The molecule has 0 N–H and O–H groups in total. The summed E-state index contributed by atoms with van der Waals surface area (Å²) >= 11 is 0. The van der Waals surface area contributed by atoms with Crippen molar-refractivity contribution in [3.8, 4) is 0 Å². The molecular formula is C28H29F3O7. The van der Waals surface area contributed by atoms with E-state index < -0.39 is 58.6 Å². The van der Waals surface area contributed by atoms with Gasteiger partial charge in [-0.3, -0.25) is 19.2 Å². The molecule has 1 fully saturated rings. The topological polar surface area (TPSA) is 96.0 Å². The monoisotopic (exact) mass is 534 g/mol. The highest BCUT2D eigenvalue weighted by atomic mass is 19.4. The molecule has 0 unspecified atom stereocenters. The van der Waals surface area contributed by atoms with Crippen LogP contribution in [0.4, 0.5) is 13.2 Å². The number of rotatable bonds is 9. The fraction of sp³-hybridized carbons (Fsp3) is 0.429. The minimum atomic E-state index is -4.62. The van der Waals surface area contributed by atoms with E-state index in [0.717, 1.165) is 24.3 Å². The lowest BCUT2D eigenvalue weighted by Gasteiger charge is -2.33. The number of halogens is 3. The van der Waals surface area contributed by atoms with Crippen molar-refractivity contribution >= 4 is 23.7 Å². The number of benzene rings is 2. The standard InChI is InChI=1S/C28H29F3O7/c1-4-37-25(34)27(26(35)38-5-2)16-19(15-21(32)36-3)22(24(33)18-9-7-6-8-10-18)23(27)17-11-13-20(14-12-17)28(29,30)31/h6-14,19,22-23H,4-5,15-16H2,1-3H3/t19-,22+,23+/m0/s1. The Morgan fingerprint density at radius 2 is 1.45 bits per heavy atom. The Labute approximate surface area is 218 Å². The average molecular weight is 535 g/mol. The highest BCUT2D eigenvalue weighted by Crippen LogP contribution is 2.59. The fourth-order valence-corrected chi connectivity index (χ4v) is 5.30. The van der Waals surface area contributed by atoms with Gasteiger partial charge >= 0.3 is 24.1 Å². The maximum Gasteiger partial charge on any atom is 0.416 e. The normalized spacial score (nSPS) is 20.4. The lowest BCUT2D eigenvalue weighted by Crippen LogP contribution is -2.45. The molecular weight excluding hydrogens is 505 g/mol. The van der Waals surface area contributed by atoms with Crippen LogP contribution in [0.3, 0.4) is 0 Å². The number of carbonyl (C=O) groups is 4. The molecule has 3 atom stereocenters. The second kappa shape index (κ2) is 11.8. The van der Waals surface area contributed by atoms with E-state index >= 15 is 0 Å². The van der Waals surface area contributed by atoms with Crippen molar-refractivity contribution in [2.75, 3.05) is 20.3 Å². The van der Waals surface area contributed by atoms with Gasteiger partial charge in [0.05, 0.1) is 25.9 Å². The van der Waals surface area contributed by atoms with Gasteiger partial charge in [-0.1, -0.05) is 42.5 Å². The zero-order valence-electron chi connectivity index (χ0n) is 21.2. The first-order chi connectivity index (χ1) is 18.0. The Hall–Kier alpha value is -3.69. The van der Waals surface area contributed by atoms with Gasteiger partial charge in [-0.25, -0.2) is 0 Å². The first-order valence-corrected chi connectivity index (χ1v) is 12.2. The molecule has 7 nitrogen and oxygen atoms in total. The maximum atomic E-state index is 13.9. The molecule has 0 heterocycles. The van der Waals surface area contributed by atoms with Crippen LogP contribution in [-0.2, 0) is 34.8 Å². The average Bonchev–Trinajstić information content (AvgIpc) is 3.24. The summed E-state index contributed by atoms with van der Waals surface area (Å²) in [5.74, 6) is -6.39. The van der Waals surface area contributed by atoms with Gasteiger partial charge in [0.1, 0.15) is 0 Å². The van der Waals surface area contributed by atoms with Crippen LogP contribution in [0.2, 0.25) is 0 Å². The number of Topliss-reactive ketones (excluding diaryl/α,β-unsaturated/α-hetero) is 1. The largest absolute Gasteiger partial charge is 0.469 e. The van der Waals surface area contributed by atoms with Gasteiger partial charge < -0.3 is 14.2 Å². The van der Waals surface area contributed by atoms with Crippen LogP contribution in [0.1, 0.15) is 54.1 Å². The Morgan fingerprint density at radius 3 is 1.92 bits per heavy atom. The second-order valence-corrected chi connectivity index (χ2v) is 9.01. The molecule has 0 bridgehead atoms. The molecule has 0 spiro atoms. The van der Waals surface area contributed by atoms with Crippen molar-refractivity contribution in [1.82, 2.24) is 0 Å². The smallest absolute Gasteiger partial charge is 0.416 e. The number of carbonyl (C=O) groups excluding carboxylic acids is 4. The number of hydrogen-bond acceptors (Lipinski definition) is 7. The van der Waals surface area contributed by atoms with Crippen LogP contribution in [0.15, 0.2) is 54.6 Å². The lowest BCUT2D eigenvalue weighted by atomic mass is 9.69. The molecule has 2 aromatic carbocycles. The predicted molar refractivity (Wildman–Crippen MR) is 129 cm³/mol. The molecule has 3 rings (SSSR count). The molecule has 0 amide bonds. The lowest BCUT2D eigenvalue weighted by molar-refractivity contribution is -0.173. The van der Waals surface area contributed by atoms with E-state index in [1.165, 1.54) is 21.0 Å². The Bertz CT molecular complexity index is 1140. The summed E-state index contributed by atoms with van der Waals surface area (Å²) in [5.41, 5.74) is -2.62. The third-order valence-corrected chi connectivity index (χ3v) is 6.88. The van der Waals surface area contributed by atoms with Crippen molar-refractivity contribution in [2.24, 2.45) is 17.3 Å². The van der Waals surface area contributed by atoms with Gasteiger partial charge in [0.15, 0.2) is 11.2 Å². The first-order valence-electron chi connectivity index (χ1n) is 12.2. The molecule has 204 valence electrons. The minimum absolute atomic E-state index is 0.0985. The zero-order chi connectivity index (χ0) is 28.1. The summed E-state index contributed by atoms with van der Waals surface area (Å²) in [6.45, 7) is 2.88. The van der Waals surface area contributed by atoms with Crippen molar-refractivity contribution in [2.45, 2.75) is 38.8 Å². The van der Waals surface area contributed by atoms with E-state index in [-0.39, 0.29) is 37.2 Å². The molecule has 1 aliphatic carbocycles. The molecule has 0 aromatic heterocycles. The van der Waals surface area contributed by atoms with Crippen molar-refractivity contribution in [3.05, 3.63) is 71.3 Å². The fourth-order valence-electron chi connectivity index (χ4n) is 5.30. The quantitative estimate of drug-likeness (QED) is 0.194. The predicted octanol–water partition coefficient (Wildman–Crippen LogP) is 4.98. The molecule has 1 saturated carbocycles. The molecule has 1 aliphatic rings. The summed E-state index contributed by atoms with van der Waals surface area (Å²) in [7, 11) is 1.17. The summed E-state index contributed by atoms with van der Waals surface area (Å²) in [6.07, 6.45) is -5.23. The summed E-state index contributed by atoms with van der Waals surface area (Å²) < 4.78 is 55.4. The van der Waals surface area contributed by atoms with Crippen LogP contribution >= 0.6 is 0 Å². The molecule has 38 heavy (non-hydrogen) atoms. The molecule has 0 saturated heterocycles. The van der Waals surface area contributed by atoms with Crippen molar-refractivity contribution in [3.63, 3.8) is 0 Å². The number of methoxy groups -OCH3 is 1. The number of alkyl halides is 3. The van der Waals surface area contributed by atoms with Gasteiger partial charge in [-0.2, -0.15) is 13.2 Å². The van der Waals surface area contributed by atoms with E-state index in [2.05, 4.69) is 0 Å². The van der Waals surface area contributed by atoms with E-state index in [1.54, 1.807) is 30.3 Å². The van der Waals surface area contributed by atoms with E-state index in [9.17, 15) is 32.3 Å². The summed E-state index contributed by atoms with van der Waals surface area (Å²) in [6, 6.07) is 12.0. The Morgan fingerprint density at radius 1 is 0.895 bits per heavy atom. The number of ether oxygens (including phenoxy) is 3. The maximum absolute atomic E-state index is 13.9. The Balaban J connectivity index is 2.30. The third-order valence-electron chi connectivity index (χ3n) is 6.88. The van der Waals surface area contributed by atoms with Gasteiger partial charge in [0.25, 0.3) is 0 Å². The molecule has 0 aliphatic heterocycles. The first kappa shape index (κ1) is 28.9. The van der Waals surface area contributed by atoms with Crippen LogP contribution in [0.25, 0.3) is 0 Å². The van der Waals surface area contributed by atoms with Crippen LogP contribution < -0.4 is 0 Å². The van der Waals surface area contributed by atoms with E-state index in [4.69, 9.17) is 14.2 Å². The van der Waals surface area contributed by atoms with Crippen LogP contribution in [0, 0.1) is 17.3 Å². The number of ketones is 1. The van der Waals surface area contributed by atoms with Gasteiger partial charge in [-0.15, -0.1) is 0 Å². The minimum Gasteiger partial charge on any atom is -0.469 e. The van der Waals surface area contributed by atoms with Gasteiger partial charge in [0.2, 0.25) is 0 Å². The van der Waals surface area contributed by atoms with Crippen molar-refractivity contribution < 1.29 is 46.6 Å². The van der Waals surface area contributed by atoms with E-state index in [0.29, 0.717) is 0 Å². The summed E-state index contributed by atoms with van der Waals surface area (Å²) in [5, 5.41) is 0. The van der Waals surface area contributed by atoms with Gasteiger partial charge in [-0.05, 0) is 43.9 Å². The van der Waals surface area contributed by atoms with Crippen LogP contribution in [-0.4, -0.2) is 44.0 Å². The molecule has 10 heteroatoms. The second-order valence-electron chi connectivity index (χ2n) is 9.01. The SMILES string of the molecule is CCOC(=O)C1(C(=O)OCC)C[C@H](CC(=O)OC)[C@@H](C(=O)c2ccccc2)[C@H]1c1ccc(C(F)(F)F)cc1. The molecule has 0 radical (unpaired) electrons. The number of esters is 3. The zero-order valence-corrected chi connectivity index (χ0v) is 21.2. The highest BCUT2D eigenvalue weighted by Gasteiger charge is 2.66. The number of hydrogen-bond donors (Lipinski definition) is 0. The van der Waals surface area contributed by atoms with Gasteiger partial charge in [0, 0.05) is 23.8 Å². The van der Waals surface area contributed by atoms with E-state index in [1.807, 2.05) is 0 Å². The highest BCUT2D eigenvalue weighted by molar-refractivity contribution is 6.06.